The van der Waals surface area contributed by atoms with Crippen molar-refractivity contribution in [3.63, 3.8) is 0 Å². The summed E-state index contributed by atoms with van der Waals surface area (Å²) in [5.74, 6) is -0.709. The Bertz CT molecular complexity index is 209. The van der Waals surface area contributed by atoms with E-state index in [9.17, 15) is 4.79 Å². The van der Waals surface area contributed by atoms with Crippen LogP contribution in [-0.2, 0) is 9.53 Å². The molecule has 0 aliphatic carbocycles. The molecule has 0 amide bonds. The lowest BCUT2D eigenvalue weighted by Gasteiger charge is -2.32. The molecular formula is C11H20O3. The van der Waals surface area contributed by atoms with Crippen LogP contribution in [0.25, 0.3) is 0 Å². The summed E-state index contributed by atoms with van der Waals surface area (Å²) < 4.78 is 5.34. The average molecular weight is 200 g/mol. The second kappa shape index (κ2) is 3.89. The van der Waals surface area contributed by atoms with E-state index in [4.69, 9.17) is 9.84 Å². The first-order valence-electron chi connectivity index (χ1n) is 5.13. The third-order valence-electron chi connectivity index (χ3n) is 2.62. The Morgan fingerprint density at radius 1 is 1.50 bits per heavy atom. The molecule has 14 heavy (non-hydrogen) atoms. The summed E-state index contributed by atoms with van der Waals surface area (Å²) in [5, 5.41) is 8.88. The number of hydrogen-bond acceptors (Lipinski definition) is 2. The maximum atomic E-state index is 10.8. The summed E-state index contributed by atoms with van der Waals surface area (Å²) in [7, 11) is 0. The van der Waals surface area contributed by atoms with E-state index in [0.29, 0.717) is 13.2 Å². The van der Waals surface area contributed by atoms with Crippen LogP contribution >= 0.6 is 0 Å². The Morgan fingerprint density at radius 3 is 2.50 bits per heavy atom. The Labute approximate surface area is 85.5 Å². The molecule has 1 heterocycles. The fourth-order valence-corrected chi connectivity index (χ4v) is 2.44. The lowest BCUT2D eigenvalue weighted by atomic mass is 9.71. The first-order valence-corrected chi connectivity index (χ1v) is 5.13. The average Bonchev–Trinajstić information content (AvgIpc) is 2.30. The van der Waals surface area contributed by atoms with Crippen LogP contribution in [0.2, 0.25) is 0 Å². The van der Waals surface area contributed by atoms with Gasteiger partial charge >= 0.3 is 5.97 Å². The van der Waals surface area contributed by atoms with Gasteiger partial charge in [0.05, 0.1) is 13.0 Å². The van der Waals surface area contributed by atoms with Crippen LogP contribution in [0.1, 0.15) is 40.0 Å². The molecule has 0 spiro atoms. The van der Waals surface area contributed by atoms with Gasteiger partial charge in [-0.3, -0.25) is 4.79 Å². The van der Waals surface area contributed by atoms with E-state index in [0.717, 1.165) is 12.8 Å². The zero-order chi connectivity index (χ0) is 10.8. The standard InChI is InChI=1S/C11H20O3/c1-10(2,3)7-11(6-9(12)13)4-5-14-8-11/h4-8H2,1-3H3,(H,12,13). The van der Waals surface area contributed by atoms with Gasteiger partial charge in [-0.15, -0.1) is 0 Å². The number of aliphatic carboxylic acids is 1. The molecule has 0 aromatic rings. The van der Waals surface area contributed by atoms with Crippen LogP contribution < -0.4 is 0 Å². The highest BCUT2D eigenvalue weighted by atomic mass is 16.5. The molecule has 1 N–H and O–H groups in total. The Hall–Kier alpha value is -0.570. The van der Waals surface area contributed by atoms with Gasteiger partial charge in [0, 0.05) is 12.0 Å². The van der Waals surface area contributed by atoms with E-state index in [1.54, 1.807) is 0 Å². The molecule has 0 aromatic carbocycles. The fraction of sp³-hybridized carbons (Fsp3) is 0.909. The number of carboxylic acid groups (broad SMARTS) is 1. The van der Waals surface area contributed by atoms with Crippen LogP contribution in [0.3, 0.4) is 0 Å². The predicted octanol–water partition coefficient (Wildman–Crippen LogP) is 2.30. The van der Waals surface area contributed by atoms with Gasteiger partial charge in [0.15, 0.2) is 0 Å². The summed E-state index contributed by atoms with van der Waals surface area (Å²) in [5.41, 5.74) is 0.0488. The van der Waals surface area contributed by atoms with Crippen LogP contribution in [-0.4, -0.2) is 24.3 Å². The van der Waals surface area contributed by atoms with Crippen LogP contribution in [0, 0.1) is 10.8 Å². The lowest BCUT2D eigenvalue weighted by Crippen LogP contribution is -2.30. The van der Waals surface area contributed by atoms with Gasteiger partial charge in [-0.25, -0.2) is 0 Å². The van der Waals surface area contributed by atoms with Crippen molar-refractivity contribution >= 4 is 5.97 Å². The summed E-state index contributed by atoms with van der Waals surface area (Å²) in [6, 6.07) is 0. The number of carbonyl (C=O) groups is 1. The SMILES string of the molecule is CC(C)(C)CC1(CC(=O)O)CCOC1. The molecule has 1 aliphatic heterocycles. The molecule has 1 atom stereocenters. The van der Waals surface area contributed by atoms with Gasteiger partial charge in [0.1, 0.15) is 0 Å². The molecule has 0 bridgehead atoms. The van der Waals surface area contributed by atoms with E-state index in [1.165, 1.54) is 0 Å². The van der Waals surface area contributed by atoms with Crippen molar-refractivity contribution in [2.24, 2.45) is 10.8 Å². The van der Waals surface area contributed by atoms with Crippen LogP contribution in [0.15, 0.2) is 0 Å². The quantitative estimate of drug-likeness (QED) is 0.760. The van der Waals surface area contributed by atoms with Gasteiger partial charge in [0.2, 0.25) is 0 Å². The van der Waals surface area contributed by atoms with Crippen molar-refractivity contribution in [3.8, 4) is 0 Å². The topological polar surface area (TPSA) is 46.5 Å². The minimum absolute atomic E-state index is 0.121. The number of hydrogen-bond donors (Lipinski definition) is 1. The van der Waals surface area contributed by atoms with Crippen molar-refractivity contribution in [2.75, 3.05) is 13.2 Å². The maximum absolute atomic E-state index is 10.8. The highest BCUT2D eigenvalue weighted by Gasteiger charge is 2.39. The summed E-state index contributed by atoms with van der Waals surface area (Å²) in [4.78, 5) is 10.8. The van der Waals surface area contributed by atoms with E-state index in [1.807, 2.05) is 0 Å². The van der Waals surface area contributed by atoms with Gasteiger partial charge in [-0.1, -0.05) is 20.8 Å². The molecule has 3 nitrogen and oxygen atoms in total. The monoisotopic (exact) mass is 200 g/mol. The minimum Gasteiger partial charge on any atom is -0.481 e. The molecule has 0 aromatic heterocycles. The molecule has 0 radical (unpaired) electrons. The van der Waals surface area contributed by atoms with E-state index in [-0.39, 0.29) is 17.3 Å². The minimum atomic E-state index is -0.709. The van der Waals surface area contributed by atoms with Gasteiger partial charge in [0.25, 0.3) is 0 Å². The third-order valence-corrected chi connectivity index (χ3v) is 2.62. The smallest absolute Gasteiger partial charge is 0.303 e. The van der Waals surface area contributed by atoms with Gasteiger partial charge in [-0.2, -0.15) is 0 Å². The molecule has 82 valence electrons. The van der Waals surface area contributed by atoms with Crippen LogP contribution in [0.5, 0.6) is 0 Å². The third kappa shape index (κ3) is 3.29. The Morgan fingerprint density at radius 2 is 2.14 bits per heavy atom. The highest BCUT2D eigenvalue weighted by Crippen LogP contribution is 2.42. The fourth-order valence-electron chi connectivity index (χ4n) is 2.44. The number of ether oxygens (including phenoxy) is 1. The van der Waals surface area contributed by atoms with Crippen molar-refractivity contribution in [2.45, 2.75) is 40.0 Å². The van der Waals surface area contributed by atoms with E-state index < -0.39 is 5.97 Å². The van der Waals surface area contributed by atoms with Crippen molar-refractivity contribution in [1.29, 1.82) is 0 Å². The second-order valence-electron chi connectivity index (χ2n) is 5.61. The van der Waals surface area contributed by atoms with Crippen molar-refractivity contribution in [3.05, 3.63) is 0 Å². The normalized spacial score (nSPS) is 27.9. The molecule has 1 rings (SSSR count). The molecular weight excluding hydrogens is 180 g/mol. The first kappa shape index (κ1) is 11.5. The molecule has 3 heteroatoms. The predicted molar refractivity (Wildman–Crippen MR) is 54.2 cm³/mol. The highest BCUT2D eigenvalue weighted by molar-refractivity contribution is 5.67. The molecule has 1 aliphatic rings. The summed E-state index contributed by atoms with van der Waals surface area (Å²) in [6.07, 6.45) is 2.05. The molecule has 1 fully saturated rings. The Balaban J connectivity index is 2.67. The Kier molecular flexibility index (Phi) is 3.20. The van der Waals surface area contributed by atoms with Crippen molar-refractivity contribution in [1.82, 2.24) is 0 Å². The molecule has 1 saturated heterocycles. The van der Waals surface area contributed by atoms with Crippen LogP contribution in [0.4, 0.5) is 0 Å². The van der Waals surface area contributed by atoms with E-state index in [2.05, 4.69) is 20.8 Å². The number of rotatable bonds is 3. The molecule has 0 saturated carbocycles. The van der Waals surface area contributed by atoms with Gasteiger partial charge in [-0.05, 0) is 18.3 Å². The van der Waals surface area contributed by atoms with E-state index >= 15 is 0 Å². The zero-order valence-corrected chi connectivity index (χ0v) is 9.30. The largest absolute Gasteiger partial charge is 0.481 e. The lowest BCUT2D eigenvalue weighted by molar-refractivity contribution is -0.140. The first-order chi connectivity index (χ1) is 6.33. The van der Waals surface area contributed by atoms with Gasteiger partial charge < -0.3 is 9.84 Å². The second-order valence-corrected chi connectivity index (χ2v) is 5.61. The van der Waals surface area contributed by atoms with Crippen molar-refractivity contribution < 1.29 is 14.6 Å². The summed E-state index contributed by atoms with van der Waals surface area (Å²) in [6.45, 7) is 7.76. The zero-order valence-electron chi connectivity index (χ0n) is 9.30. The maximum Gasteiger partial charge on any atom is 0.303 e. The number of carboxylic acids is 1. The summed E-state index contributed by atoms with van der Waals surface area (Å²) >= 11 is 0. The molecule has 1 unspecified atom stereocenters.